The average molecular weight is 260 g/mol. The number of likely N-dealkylation sites (tertiary alicyclic amines) is 1. The Morgan fingerprint density at radius 3 is 2.76 bits per heavy atom. The predicted octanol–water partition coefficient (Wildman–Crippen LogP) is 2.28. The van der Waals surface area contributed by atoms with Crippen molar-refractivity contribution in [1.82, 2.24) is 4.90 Å². The third kappa shape index (κ3) is 2.45. The molecule has 2 rings (SSSR count). The average Bonchev–Trinajstić information content (AvgIpc) is 2.64. The molecule has 2 fully saturated rings. The van der Waals surface area contributed by atoms with Gasteiger partial charge in [-0.1, -0.05) is 6.42 Å². The van der Waals surface area contributed by atoms with Crippen LogP contribution in [-0.2, 0) is 9.53 Å². The van der Waals surface area contributed by atoms with E-state index < -0.39 is 5.38 Å². The highest BCUT2D eigenvalue weighted by Crippen LogP contribution is 2.51. The summed E-state index contributed by atoms with van der Waals surface area (Å²) in [6.45, 7) is 7.04. The molecule has 0 aromatic carbocycles. The highest BCUT2D eigenvalue weighted by atomic mass is 35.5. The van der Waals surface area contributed by atoms with Gasteiger partial charge >= 0.3 is 0 Å². The lowest BCUT2D eigenvalue weighted by Crippen LogP contribution is -2.40. The molecule has 0 N–H and O–H groups in total. The lowest BCUT2D eigenvalue weighted by Gasteiger charge is -2.42. The van der Waals surface area contributed by atoms with Gasteiger partial charge in [0.1, 0.15) is 5.38 Å². The number of halogens is 1. The van der Waals surface area contributed by atoms with E-state index in [9.17, 15) is 4.79 Å². The zero-order valence-electron chi connectivity index (χ0n) is 10.7. The van der Waals surface area contributed by atoms with E-state index in [1.54, 1.807) is 6.92 Å². The largest absolute Gasteiger partial charge is 0.381 e. The second-order valence-corrected chi connectivity index (χ2v) is 6.06. The van der Waals surface area contributed by atoms with E-state index >= 15 is 0 Å². The molecule has 0 bridgehead atoms. The number of alkyl halides is 1. The number of hydrogen-bond acceptors (Lipinski definition) is 2. The van der Waals surface area contributed by atoms with Crippen molar-refractivity contribution in [1.29, 1.82) is 0 Å². The summed E-state index contributed by atoms with van der Waals surface area (Å²) in [5.41, 5.74) is 0.344. The molecule has 2 atom stereocenters. The second kappa shape index (κ2) is 5.15. The molecule has 1 spiro atoms. The van der Waals surface area contributed by atoms with Crippen LogP contribution in [0.3, 0.4) is 0 Å². The van der Waals surface area contributed by atoms with Crippen molar-refractivity contribution in [3.8, 4) is 0 Å². The fourth-order valence-corrected chi connectivity index (χ4v) is 3.28. The first-order chi connectivity index (χ1) is 8.09. The molecule has 0 aromatic heterocycles. The summed E-state index contributed by atoms with van der Waals surface area (Å²) in [6.07, 6.45) is 3.78. The van der Waals surface area contributed by atoms with Gasteiger partial charge in [0.2, 0.25) is 5.91 Å². The molecule has 1 amide bonds. The van der Waals surface area contributed by atoms with Crippen LogP contribution in [-0.4, -0.2) is 42.5 Å². The minimum Gasteiger partial charge on any atom is -0.381 e. The van der Waals surface area contributed by atoms with Gasteiger partial charge in [0, 0.05) is 25.6 Å². The molecule has 1 saturated carbocycles. The maximum atomic E-state index is 11.9. The summed E-state index contributed by atoms with van der Waals surface area (Å²) < 4.78 is 5.57. The van der Waals surface area contributed by atoms with Crippen LogP contribution < -0.4 is 0 Å². The van der Waals surface area contributed by atoms with Crippen molar-refractivity contribution in [2.24, 2.45) is 11.3 Å². The molecule has 0 unspecified atom stereocenters. The Balaban J connectivity index is 1.99. The molecule has 2 aliphatic rings. The Morgan fingerprint density at radius 1 is 1.59 bits per heavy atom. The van der Waals surface area contributed by atoms with Gasteiger partial charge in [0.05, 0.1) is 6.61 Å². The molecule has 3 nitrogen and oxygen atoms in total. The number of carbonyl (C=O) groups excluding carboxylic acids is 1. The normalized spacial score (nSPS) is 28.2. The van der Waals surface area contributed by atoms with Crippen LogP contribution in [0.2, 0.25) is 0 Å². The lowest BCUT2D eigenvalue weighted by molar-refractivity contribution is -0.130. The van der Waals surface area contributed by atoms with E-state index in [1.165, 1.54) is 19.3 Å². The summed E-state index contributed by atoms with van der Waals surface area (Å²) >= 11 is 5.89. The SMILES string of the molecule is CCOC[C@H]1CN(C(=O)[C@@H](C)Cl)CC12CCC2. The van der Waals surface area contributed by atoms with Crippen molar-refractivity contribution >= 4 is 17.5 Å². The first kappa shape index (κ1) is 13.2. The quantitative estimate of drug-likeness (QED) is 0.725. The van der Waals surface area contributed by atoms with Gasteiger partial charge < -0.3 is 9.64 Å². The molecule has 1 aliphatic heterocycles. The molecule has 1 aliphatic carbocycles. The summed E-state index contributed by atoms with van der Waals surface area (Å²) in [5.74, 6) is 0.590. The second-order valence-electron chi connectivity index (χ2n) is 5.41. The zero-order chi connectivity index (χ0) is 12.5. The van der Waals surface area contributed by atoms with Crippen LogP contribution in [0.25, 0.3) is 0 Å². The van der Waals surface area contributed by atoms with Crippen molar-refractivity contribution in [3.05, 3.63) is 0 Å². The highest BCUT2D eigenvalue weighted by molar-refractivity contribution is 6.30. The minimum absolute atomic E-state index is 0.0805. The van der Waals surface area contributed by atoms with Crippen LogP contribution in [0.1, 0.15) is 33.1 Å². The fraction of sp³-hybridized carbons (Fsp3) is 0.923. The van der Waals surface area contributed by atoms with Crippen LogP contribution in [0.15, 0.2) is 0 Å². The molecule has 1 saturated heterocycles. The van der Waals surface area contributed by atoms with Crippen molar-refractivity contribution < 1.29 is 9.53 Å². The Morgan fingerprint density at radius 2 is 2.29 bits per heavy atom. The topological polar surface area (TPSA) is 29.5 Å². The summed E-state index contributed by atoms with van der Waals surface area (Å²) in [6, 6.07) is 0. The Bertz CT molecular complexity index is 289. The summed E-state index contributed by atoms with van der Waals surface area (Å²) in [5, 5.41) is -0.405. The van der Waals surface area contributed by atoms with Crippen LogP contribution in [0.5, 0.6) is 0 Å². The molecule has 98 valence electrons. The van der Waals surface area contributed by atoms with Crippen molar-refractivity contribution in [2.75, 3.05) is 26.3 Å². The van der Waals surface area contributed by atoms with Gasteiger partial charge in [-0.2, -0.15) is 0 Å². The maximum Gasteiger partial charge on any atom is 0.240 e. The van der Waals surface area contributed by atoms with Gasteiger partial charge in [-0.25, -0.2) is 0 Å². The molecule has 0 aromatic rings. The lowest BCUT2D eigenvalue weighted by atomic mass is 9.63. The zero-order valence-corrected chi connectivity index (χ0v) is 11.5. The van der Waals surface area contributed by atoms with Gasteiger partial charge in [0.25, 0.3) is 0 Å². The van der Waals surface area contributed by atoms with Crippen molar-refractivity contribution in [3.63, 3.8) is 0 Å². The third-order valence-corrected chi connectivity index (χ3v) is 4.52. The first-order valence-corrected chi connectivity index (χ1v) is 7.03. The first-order valence-electron chi connectivity index (χ1n) is 6.59. The fourth-order valence-electron chi connectivity index (χ4n) is 3.14. The van der Waals surface area contributed by atoms with E-state index in [4.69, 9.17) is 16.3 Å². The van der Waals surface area contributed by atoms with Crippen LogP contribution in [0, 0.1) is 11.3 Å². The van der Waals surface area contributed by atoms with Crippen LogP contribution >= 0.6 is 11.6 Å². The molecular weight excluding hydrogens is 238 g/mol. The highest BCUT2D eigenvalue weighted by Gasteiger charge is 2.51. The molecule has 1 heterocycles. The Kier molecular flexibility index (Phi) is 3.99. The van der Waals surface area contributed by atoms with Gasteiger partial charge in [0.15, 0.2) is 0 Å². The predicted molar refractivity (Wildman–Crippen MR) is 68.2 cm³/mol. The number of nitrogens with zero attached hydrogens (tertiary/aromatic N) is 1. The third-order valence-electron chi connectivity index (χ3n) is 4.34. The number of carbonyl (C=O) groups is 1. The van der Waals surface area contributed by atoms with Gasteiger partial charge in [-0.3, -0.25) is 4.79 Å². The van der Waals surface area contributed by atoms with Gasteiger partial charge in [-0.15, -0.1) is 11.6 Å². The number of rotatable bonds is 4. The Hall–Kier alpha value is -0.280. The van der Waals surface area contributed by atoms with E-state index in [0.29, 0.717) is 11.3 Å². The number of hydrogen-bond donors (Lipinski definition) is 0. The number of amides is 1. The minimum atomic E-state index is -0.405. The molecule has 17 heavy (non-hydrogen) atoms. The Labute approximate surface area is 108 Å². The number of ether oxygens (including phenoxy) is 1. The summed E-state index contributed by atoms with van der Waals surface area (Å²) in [7, 11) is 0. The van der Waals surface area contributed by atoms with E-state index in [0.717, 1.165) is 26.3 Å². The van der Waals surface area contributed by atoms with Crippen molar-refractivity contribution in [2.45, 2.75) is 38.5 Å². The van der Waals surface area contributed by atoms with E-state index in [-0.39, 0.29) is 5.91 Å². The maximum absolute atomic E-state index is 11.9. The van der Waals surface area contributed by atoms with E-state index in [1.807, 2.05) is 11.8 Å². The van der Waals surface area contributed by atoms with Crippen LogP contribution in [0.4, 0.5) is 0 Å². The molecule has 4 heteroatoms. The standard InChI is InChI=1S/C13H22ClNO2/c1-3-17-8-11-7-15(12(16)10(2)14)9-13(11)5-4-6-13/h10-11H,3-9H2,1-2H3/t10-,11-/m1/s1. The molecular formula is C13H22ClNO2. The van der Waals surface area contributed by atoms with Gasteiger partial charge in [-0.05, 0) is 32.1 Å². The molecule has 0 radical (unpaired) electrons. The van der Waals surface area contributed by atoms with E-state index in [2.05, 4.69) is 0 Å². The summed E-state index contributed by atoms with van der Waals surface area (Å²) in [4.78, 5) is 13.9. The monoisotopic (exact) mass is 259 g/mol. The smallest absolute Gasteiger partial charge is 0.240 e.